The van der Waals surface area contributed by atoms with Crippen LogP contribution in [-0.2, 0) is 17.1 Å². The van der Waals surface area contributed by atoms with E-state index in [0.29, 0.717) is 0 Å². The van der Waals surface area contributed by atoms with E-state index >= 15 is 0 Å². The van der Waals surface area contributed by atoms with Gasteiger partial charge in [-0.1, -0.05) is 30.9 Å². The van der Waals surface area contributed by atoms with Crippen molar-refractivity contribution in [1.29, 1.82) is 0 Å². The molecule has 1 heteroatoms. The third-order valence-corrected chi connectivity index (χ3v) is 2.28. The maximum Gasteiger partial charge on any atom is 2.00 e. The van der Waals surface area contributed by atoms with E-state index in [0.717, 1.165) is 11.1 Å². The van der Waals surface area contributed by atoms with Gasteiger partial charge in [0.25, 0.3) is 0 Å². The minimum absolute atomic E-state index is 0. The van der Waals surface area contributed by atoms with Crippen molar-refractivity contribution >= 4 is 0 Å². The van der Waals surface area contributed by atoms with Crippen molar-refractivity contribution in [2.75, 3.05) is 0 Å². The average molecular weight is 278 g/mol. The molecule has 0 amide bonds. The largest absolute Gasteiger partial charge is 2.00 e. The van der Waals surface area contributed by atoms with Gasteiger partial charge >= 0.3 is 17.1 Å². The van der Waals surface area contributed by atoms with Crippen molar-refractivity contribution in [2.24, 2.45) is 0 Å². The van der Waals surface area contributed by atoms with Gasteiger partial charge in [0.1, 0.15) is 0 Å². The molecule has 0 bridgehead atoms. The van der Waals surface area contributed by atoms with Crippen LogP contribution in [0.5, 0.6) is 0 Å². The zero-order valence-electron chi connectivity index (χ0n) is 10.6. The summed E-state index contributed by atoms with van der Waals surface area (Å²) < 4.78 is 0. The number of hydrogen-bond acceptors (Lipinski definition) is 0. The molecule has 18 heavy (non-hydrogen) atoms. The van der Waals surface area contributed by atoms with Crippen molar-refractivity contribution in [1.82, 2.24) is 0 Å². The third-order valence-electron chi connectivity index (χ3n) is 2.28. The van der Waals surface area contributed by atoms with Gasteiger partial charge in [-0.2, -0.15) is 0 Å². The summed E-state index contributed by atoms with van der Waals surface area (Å²) in [4.78, 5) is 0. The summed E-state index contributed by atoms with van der Waals surface area (Å²) in [6.07, 6.45) is 22.1. The standard InChI is InChI=1S/C12H13.C5H5.Fe/c1-4-12(10(2)3)9-11-7-5-6-8-11;1-2-4-5-3-1;/h4-9H,1-2H2,3H3;1-5H;/q;;+2/b12-9+;;. The van der Waals surface area contributed by atoms with Crippen molar-refractivity contribution in [3.8, 4) is 0 Å². The molecule has 2 aliphatic rings. The average Bonchev–Trinajstić information content (AvgIpc) is 3.01. The fourth-order valence-electron chi connectivity index (χ4n) is 1.34. The summed E-state index contributed by atoms with van der Waals surface area (Å²) in [7, 11) is 0. The zero-order valence-corrected chi connectivity index (χ0v) is 11.7. The second kappa shape index (κ2) is 10.6. The Labute approximate surface area is 124 Å². The van der Waals surface area contributed by atoms with E-state index in [2.05, 4.69) is 32.1 Å². The van der Waals surface area contributed by atoms with Crippen LogP contribution < -0.4 is 0 Å². The molecule has 10 radical (unpaired) electrons. The van der Waals surface area contributed by atoms with E-state index in [-0.39, 0.29) is 17.1 Å². The first-order valence-corrected chi connectivity index (χ1v) is 5.62. The summed E-state index contributed by atoms with van der Waals surface area (Å²) >= 11 is 0. The van der Waals surface area contributed by atoms with Gasteiger partial charge in [-0.25, -0.2) is 0 Å². The molecule has 0 nitrogen and oxygen atoms in total. The molecule has 0 aromatic heterocycles. The van der Waals surface area contributed by atoms with E-state index in [1.54, 1.807) is 0 Å². The number of hydrogen-bond donors (Lipinski definition) is 0. The van der Waals surface area contributed by atoms with E-state index in [1.807, 2.05) is 57.9 Å². The van der Waals surface area contributed by atoms with Gasteiger partial charge in [-0.3, -0.25) is 0 Å². The Morgan fingerprint density at radius 2 is 1.39 bits per heavy atom. The molecule has 2 saturated carbocycles. The van der Waals surface area contributed by atoms with Crippen molar-refractivity contribution in [2.45, 2.75) is 6.92 Å². The Hall–Kier alpha value is -0.261. The molecule has 0 heterocycles. The van der Waals surface area contributed by atoms with Gasteiger partial charge in [-0.05, 0) is 70.3 Å². The van der Waals surface area contributed by atoms with Crippen LogP contribution >= 0.6 is 0 Å². The van der Waals surface area contributed by atoms with Gasteiger partial charge < -0.3 is 0 Å². The van der Waals surface area contributed by atoms with Gasteiger partial charge in [0.15, 0.2) is 0 Å². The fraction of sp³-hybridized carbons (Fsp3) is 0.0588. The predicted octanol–water partition coefficient (Wildman–Crippen LogP) is 4.10. The van der Waals surface area contributed by atoms with Crippen LogP contribution in [0.25, 0.3) is 0 Å². The third kappa shape index (κ3) is 7.24. The number of allylic oxidation sites excluding steroid dienone is 4. The molecule has 0 saturated heterocycles. The van der Waals surface area contributed by atoms with Crippen molar-refractivity contribution < 1.29 is 17.1 Å². The summed E-state index contributed by atoms with van der Waals surface area (Å²) in [5.41, 5.74) is 2.15. The Bertz CT molecular complexity index is 258. The molecule has 0 spiro atoms. The predicted molar refractivity (Wildman–Crippen MR) is 75.0 cm³/mol. The summed E-state index contributed by atoms with van der Waals surface area (Å²) in [5, 5.41) is 0. The van der Waals surface area contributed by atoms with Crippen LogP contribution in [-0.4, -0.2) is 0 Å². The van der Waals surface area contributed by atoms with Gasteiger partial charge in [0.05, 0.1) is 0 Å². The molecule has 0 unspecified atom stereocenters. The van der Waals surface area contributed by atoms with E-state index < -0.39 is 0 Å². The molecular weight excluding hydrogens is 260 g/mol. The summed E-state index contributed by atoms with van der Waals surface area (Å²) in [6, 6.07) is 0. The molecule has 2 rings (SSSR count). The van der Waals surface area contributed by atoms with E-state index in [1.165, 1.54) is 5.92 Å². The second-order valence-corrected chi connectivity index (χ2v) is 3.76. The van der Waals surface area contributed by atoms with Gasteiger partial charge in [0, 0.05) is 5.92 Å². The Morgan fingerprint density at radius 3 is 1.72 bits per heavy atom. The Morgan fingerprint density at radius 1 is 0.944 bits per heavy atom. The zero-order chi connectivity index (χ0) is 12.5. The van der Waals surface area contributed by atoms with Crippen LogP contribution in [0.4, 0.5) is 0 Å². The van der Waals surface area contributed by atoms with Gasteiger partial charge in [0.2, 0.25) is 0 Å². The first-order valence-electron chi connectivity index (χ1n) is 5.62. The Kier molecular flexibility index (Phi) is 10.5. The molecule has 2 aliphatic carbocycles. The molecule has 0 N–H and O–H groups in total. The molecule has 0 aromatic rings. The summed E-state index contributed by atoms with van der Waals surface area (Å²) in [5.74, 6) is 1.20. The molecule has 0 atom stereocenters. The maximum atomic E-state index is 3.87. The summed E-state index contributed by atoms with van der Waals surface area (Å²) in [6.45, 7) is 9.58. The van der Waals surface area contributed by atoms with Crippen molar-refractivity contribution in [3.05, 3.63) is 100 Å². The molecule has 0 aromatic carbocycles. The van der Waals surface area contributed by atoms with Gasteiger partial charge in [-0.15, -0.1) is 0 Å². The monoisotopic (exact) mass is 278 g/mol. The first kappa shape index (κ1) is 17.7. The topological polar surface area (TPSA) is 0 Å². The normalized spacial score (nSPS) is 19.7. The molecule has 92 valence electrons. The van der Waals surface area contributed by atoms with Crippen LogP contribution in [0, 0.1) is 63.7 Å². The van der Waals surface area contributed by atoms with Crippen LogP contribution in [0.2, 0.25) is 0 Å². The molecule has 2 fully saturated rings. The van der Waals surface area contributed by atoms with Crippen molar-refractivity contribution in [3.63, 3.8) is 0 Å². The Balaban J connectivity index is 0.000000405. The van der Waals surface area contributed by atoms with Crippen LogP contribution in [0.3, 0.4) is 0 Å². The molecule has 0 aliphatic heterocycles. The quantitative estimate of drug-likeness (QED) is 0.538. The second-order valence-electron chi connectivity index (χ2n) is 3.76. The fourth-order valence-corrected chi connectivity index (χ4v) is 1.34. The van der Waals surface area contributed by atoms with Crippen LogP contribution in [0.15, 0.2) is 36.5 Å². The molecular formula is C17H18Fe+2. The maximum absolute atomic E-state index is 3.87. The minimum Gasteiger partial charge on any atom is -0.0985 e. The van der Waals surface area contributed by atoms with E-state index in [9.17, 15) is 0 Å². The minimum atomic E-state index is 0. The first-order chi connectivity index (χ1) is 8.24. The smallest absolute Gasteiger partial charge is 0.0985 e. The number of rotatable bonds is 3. The SMILES string of the molecule is C=C/C(=C\[C]1[CH][CH][CH][CH]1)C(=C)C.[CH]1[CH][CH][CH][CH]1.[Fe+2]. The van der Waals surface area contributed by atoms with E-state index in [4.69, 9.17) is 0 Å². The van der Waals surface area contributed by atoms with Crippen LogP contribution in [0.1, 0.15) is 6.92 Å².